The van der Waals surface area contributed by atoms with Crippen LogP contribution in [-0.4, -0.2) is 71.8 Å². The summed E-state index contributed by atoms with van der Waals surface area (Å²) in [5.41, 5.74) is 0.681. The van der Waals surface area contributed by atoms with Crippen LogP contribution in [-0.2, 0) is 22.4 Å². The van der Waals surface area contributed by atoms with Gasteiger partial charge in [-0.3, -0.25) is 29.9 Å². The molecule has 2 fully saturated rings. The first kappa shape index (κ1) is 22.0. The first-order valence-corrected chi connectivity index (χ1v) is 11.2. The summed E-state index contributed by atoms with van der Waals surface area (Å²) < 4.78 is 0. The number of hydrogen-bond acceptors (Lipinski definition) is 7. The third-order valence-electron chi connectivity index (χ3n) is 7.17. The van der Waals surface area contributed by atoms with Crippen LogP contribution in [0.3, 0.4) is 0 Å². The largest absolute Gasteiger partial charge is 0.364 e. The number of nitrogens with one attached hydrogen (secondary N) is 1. The molecule has 10 heteroatoms. The normalized spacial score (nSPS) is 24.6. The van der Waals surface area contributed by atoms with E-state index in [2.05, 4.69) is 10.2 Å². The number of likely N-dealkylation sites (N-methyl/N-ethyl adjacent to an activating group) is 1. The number of non-ortho nitro benzene ring substituents is 1. The predicted molar refractivity (Wildman–Crippen MR) is 123 cm³/mol. The summed E-state index contributed by atoms with van der Waals surface area (Å²) in [6, 6.07) is 12.9. The smallest absolute Gasteiger partial charge is 0.330 e. The van der Waals surface area contributed by atoms with E-state index in [0.717, 1.165) is 22.7 Å². The molecule has 3 heterocycles. The SMILES string of the molecule is CN1CCN2c3ccc([N+](=O)[O-])cc3C[C@]3(C(=O)NC(=O)N(CCc4ccccc4)C3=O)[C@@H]2C1. The van der Waals surface area contributed by atoms with Crippen molar-refractivity contribution in [1.29, 1.82) is 0 Å². The molecule has 2 aromatic carbocycles. The second-order valence-corrected chi connectivity index (χ2v) is 9.14. The summed E-state index contributed by atoms with van der Waals surface area (Å²) in [6.45, 7) is 1.87. The van der Waals surface area contributed by atoms with Crippen LogP contribution < -0.4 is 10.2 Å². The number of barbiturate groups is 1. The van der Waals surface area contributed by atoms with Crippen molar-refractivity contribution in [2.45, 2.75) is 18.9 Å². The molecule has 176 valence electrons. The Bertz CT molecular complexity index is 1190. The van der Waals surface area contributed by atoms with E-state index in [0.29, 0.717) is 25.1 Å². The zero-order valence-corrected chi connectivity index (χ0v) is 18.8. The summed E-state index contributed by atoms with van der Waals surface area (Å²) in [4.78, 5) is 56.3. The number of amides is 4. The number of fused-ring (bicyclic) bond motifs is 4. The van der Waals surface area contributed by atoms with E-state index in [9.17, 15) is 24.5 Å². The fourth-order valence-electron chi connectivity index (χ4n) is 5.40. The first-order chi connectivity index (χ1) is 16.3. The minimum Gasteiger partial charge on any atom is -0.364 e. The summed E-state index contributed by atoms with van der Waals surface area (Å²) in [6.07, 6.45) is 0.458. The molecule has 1 spiro atoms. The number of hydrogen-bond donors (Lipinski definition) is 1. The minimum atomic E-state index is -1.55. The second kappa shape index (κ2) is 8.21. The Morgan fingerprint density at radius 2 is 1.88 bits per heavy atom. The van der Waals surface area contributed by atoms with Crippen LogP contribution in [0.2, 0.25) is 0 Å². The number of rotatable bonds is 4. The van der Waals surface area contributed by atoms with Gasteiger partial charge in [-0.25, -0.2) is 4.79 Å². The molecule has 3 aliphatic heterocycles. The van der Waals surface area contributed by atoms with Crippen molar-refractivity contribution in [3.05, 3.63) is 69.8 Å². The number of nitro benzene ring substituents is 1. The van der Waals surface area contributed by atoms with E-state index in [1.54, 1.807) is 6.07 Å². The zero-order chi connectivity index (χ0) is 24.0. The Morgan fingerprint density at radius 1 is 1.12 bits per heavy atom. The van der Waals surface area contributed by atoms with Crippen molar-refractivity contribution in [2.24, 2.45) is 5.41 Å². The van der Waals surface area contributed by atoms with E-state index in [1.165, 1.54) is 12.1 Å². The van der Waals surface area contributed by atoms with Gasteiger partial charge in [0.1, 0.15) is 0 Å². The highest BCUT2D eigenvalue weighted by Gasteiger charge is 2.62. The lowest BCUT2D eigenvalue weighted by Crippen LogP contribution is -2.75. The second-order valence-electron chi connectivity index (χ2n) is 9.14. The van der Waals surface area contributed by atoms with Crippen LogP contribution in [0, 0.1) is 15.5 Å². The van der Waals surface area contributed by atoms with Crippen LogP contribution in [0.1, 0.15) is 11.1 Å². The fraction of sp³-hybridized carbons (Fsp3) is 0.375. The van der Waals surface area contributed by atoms with Crippen LogP contribution >= 0.6 is 0 Å². The van der Waals surface area contributed by atoms with Gasteiger partial charge >= 0.3 is 6.03 Å². The highest BCUT2D eigenvalue weighted by molar-refractivity contribution is 6.20. The zero-order valence-electron chi connectivity index (χ0n) is 18.8. The number of benzene rings is 2. The number of carbonyl (C=O) groups excluding carboxylic acids is 3. The number of anilines is 1. The number of urea groups is 1. The van der Waals surface area contributed by atoms with E-state index < -0.39 is 34.2 Å². The Balaban J connectivity index is 1.56. The molecule has 0 aliphatic carbocycles. The molecule has 0 saturated carbocycles. The summed E-state index contributed by atoms with van der Waals surface area (Å²) in [7, 11) is 1.93. The fourth-order valence-corrected chi connectivity index (χ4v) is 5.40. The number of nitro groups is 1. The molecule has 0 radical (unpaired) electrons. The molecule has 5 rings (SSSR count). The van der Waals surface area contributed by atoms with Crippen molar-refractivity contribution in [3.8, 4) is 0 Å². The van der Waals surface area contributed by atoms with Crippen LogP contribution in [0.25, 0.3) is 0 Å². The standard InChI is InChI=1S/C24H25N5O5/c1-26-11-12-27-19-8-7-18(29(33)34)13-17(19)14-24(20(27)15-26)21(30)25-23(32)28(22(24)31)10-9-16-5-3-2-4-6-16/h2-8,13,20H,9-12,14-15H2,1H3,(H,25,30,32)/t20-,24+/m0/s1. The molecule has 2 aromatic rings. The van der Waals surface area contributed by atoms with Gasteiger partial charge in [0, 0.05) is 50.4 Å². The lowest BCUT2D eigenvalue weighted by Gasteiger charge is -2.55. The summed E-state index contributed by atoms with van der Waals surface area (Å²) in [5.74, 6) is -1.18. The summed E-state index contributed by atoms with van der Waals surface area (Å²) >= 11 is 0. The number of imide groups is 2. The van der Waals surface area contributed by atoms with Crippen LogP contribution in [0.5, 0.6) is 0 Å². The van der Waals surface area contributed by atoms with Gasteiger partial charge in [-0.1, -0.05) is 30.3 Å². The third-order valence-corrected chi connectivity index (χ3v) is 7.17. The Hall–Kier alpha value is -3.79. The number of nitrogens with zero attached hydrogens (tertiary/aromatic N) is 4. The predicted octanol–water partition coefficient (Wildman–Crippen LogP) is 1.58. The lowest BCUT2D eigenvalue weighted by atomic mass is 9.67. The average Bonchev–Trinajstić information content (AvgIpc) is 2.82. The van der Waals surface area contributed by atoms with E-state index in [4.69, 9.17) is 0 Å². The first-order valence-electron chi connectivity index (χ1n) is 11.2. The molecule has 10 nitrogen and oxygen atoms in total. The third kappa shape index (κ3) is 3.41. The van der Waals surface area contributed by atoms with Gasteiger partial charge in [0.15, 0.2) is 5.41 Å². The summed E-state index contributed by atoms with van der Waals surface area (Å²) in [5, 5.41) is 13.8. The van der Waals surface area contributed by atoms with Crippen LogP contribution in [0.15, 0.2) is 48.5 Å². The Labute approximate surface area is 196 Å². The number of piperazine rings is 1. The quantitative estimate of drug-likeness (QED) is 0.416. The van der Waals surface area contributed by atoms with E-state index in [1.807, 2.05) is 42.3 Å². The molecule has 3 aliphatic rings. The van der Waals surface area contributed by atoms with Crippen molar-refractivity contribution < 1.29 is 19.3 Å². The molecule has 2 atom stereocenters. The van der Waals surface area contributed by atoms with Crippen molar-refractivity contribution in [2.75, 3.05) is 38.1 Å². The maximum atomic E-state index is 14.0. The molecule has 2 saturated heterocycles. The van der Waals surface area contributed by atoms with Crippen molar-refractivity contribution in [3.63, 3.8) is 0 Å². The monoisotopic (exact) mass is 463 g/mol. The van der Waals surface area contributed by atoms with Gasteiger partial charge in [-0.05, 0) is 30.7 Å². The topological polar surface area (TPSA) is 116 Å². The van der Waals surface area contributed by atoms with E-state index >= 15 is 0 Å². The Kier molecular flexibility index (Phi) is 5.32. The molecular formula is C24H25N5O5. The Morgan fingerprint density at radius 3 is 2.62 bits per heavy atom. The van der Waals surface area contributed by atoms with E-state index in [-0.39, 0.29) is 18.7 Å². The van der Waals surface area contributed by atoms with Gasteiger partial charge in [-0.15, -0.1) is 0 Å². The molecular weight excluding hydrogens is 438 g/mol. The highest BCUT2D eigenvalue weighted by Crippen LogP contribution is 2.46. The lowest BCUT2D eigenvalue weighted by molar-refractivity contribution is -0.384. The van der Waals surface area contributed by atoms with Crippen molar-refractivity contribution >= 4 is 29.2 Å². The number of carbonyl (C=O) groups is 3. The molecule has 34 heavy (non-hydrogen) atoms. The van der Waals surface area contributed by atoms with Gasteiger partial charge in [0.2, 0.25) is 11.8 Å². The maximum absolute atomic E-state index is 14.0. The molecule has 0 aromatic heterocycles. The average molecular weight is 463 g/mol. The van der Waals surface area contributed by atoms with Crippen molar-refractivity contribution in [1.82, 2.24) is 15.1 Å². The van der Waals surface area contributed by atoms with Gasteiger partial charge in [0.05, 0.1) is 11.0 Å². The molecule has 1 N–H and O–H groups in total. The van der Waals surface area contributed by atoms with Gasteiger partial charge in [0.25, 0.3) is 5.69 Å². The van der Waals surface area contributed by atoms with Crippen LogP contribution in [0.4, 0.5) is 16.2 Å². The molecule has 0 bridgehead atoms. The van der Waals surface area contributed by atoms with Gasteiger partial charge < -0.3 is 9.80 Å². The molecule has 0 unspecified atom stereocenters. The molecule has 4 amide bonds. The van der Waals surface area contributed by atoms with Gasteiger partial charge in [-0.2, -0.15) is 0 Å². The maximum Gasteiger partial charge on any atom is 0.330 e. The minimum absolute atomic E-state index is 0.00119. The highest BCUT2D eigenvalue weighted by atomic mass is 16.6.